The van der Waals surface area contributed by atoms with E-state index < -0.39 is 27.6 Å². The molecule has 0 aromatic heterocycles. The van der Waals surface area contributed by atoms with Crippen LogP contribution in [-0.4, -0.2) is 60.5 Å². The molecule has 0 aliphatic heterocycles. The second-order valence-electron chi connectivity index (χ2n) is 13.4. The molecule has 2 aromatic carbocycles. The number of alkyl halides is 6. The molecule has 0 spiro atoms. The number of carbonyl (C=O) groups excluding carboxylic acids is 1. The first-order valence-corrected chi connectivity index (χ1v) is 17.2. The number of rotatable bonds is 0. The number of halogens is 6. The Morgan fingerprint density at radius 3 is 0.981 bits per heavy atom. The molecule has 3 rings (SSSR count). The lowest BCUT2D eigenvalue weighted by atomic mass is 9.82. The van der Waals surface area contributed by atoms with Gasteiger partial charge in [-0.15, -0.1) is 0 Å². The van der Waals surface area contributed by atoms with Gasteiger partial charge in [0.15, 0.2) is 5.41 Å². The summed E-state index contributed by atoms with van der Waals surface area (Å²) in [4.78, 5) is 9.70. The van der Waals surface area contributed by atoms with Gasteiger partial charge >= 0.3 is 12.4 Å². The van der Waals surface area contributed by atoms with E-state index in [0.29, 0.717) is 5.41 Å². The molecule has 324 valence electrons. The Labute approximate surface area is 325 Å². The molecule has 0 saturated heterocycles. The molecular formula is C41H83F6NO4S. The summed E-state index contributed by atoms with van der Waals surface area (Å²) in [7, 11) is 2.18. The summed E-state index contributed by atoms with van der Waals surface area (Å²) in [6.45, 7) is 19.3. The molecule has 0 atom stereocenters. The smallest absolute Gasteiger partial charge is 0.388 e. The third-order valence-electron chi connectivity index (χ3n) is 5.26. The molecule has 1 aliphatic rings. The molecule has 53 heavy (non-hydrogen) atoms. The van der Waals surface area contributed by atoms with Crippen molar-refractivity contribution in [3.8, 4) is 11.1 Å². The SMILES string of the molecule is C.C.C.C.C.C.CC(C)(C(F)(F)F)C(F)(F)F.CC(C)(C)C.CC1(C)c2ccccc2-c2ccccc21.CCC.CNC(C)=O.COC.CS(C)(=O)=O. The van der Waals surface area contributed by atoms with Gasteiger partial charge in [-0.05, 0) is 41.5 Å². The van der Waals surface area contributed by atoms with Crippen LogP contribution in [0.1, 0.15) is 138 Å². The van der Waals surface area contributed by atoms with Crippen molar-refractivity contribution in [1.82, 2.24) is 5.32 Å². The van der Waals surface area contributed by atoms with Gasteiger partial charge in [-0.3, -0.25) is 4.79 Å². The number of hydrogen-bond acceptors (Lipinski definition) is 4. The van der Waals surface area contributed by atoms with Crippen LogP contribution < -0.4 is 5.32 Å². The molecular weight excluding hydrogens is 717 g/mol. The maximum Gasteiger partial charge on any atom is 0.402 e. The summed E-state index contributed by atoms with van der Waals surface area (Å²) in [5, 5.41) is 2.39. The number of benzene rings is 2. The number of sulfone groups is 1. The fourth-order valence-corrected chi connectivity index (χ4v) is 2.83. The standard InChI is InChI=1S/C15H14.C5H6F6.C5H12.C3H7NO.C3H8.C2H6O2S.C2H6O.6CH4/c1-15(2)13-9-5-3-7-11(13)12-8-4-6-10-14(12)15;1-3(2,4(6,7)8)5(9,10)11;1-5(2,3)4;1-3(5)4-2;1-3-2;1-5(2,3)4;1-3-2;;;;;;/h3-10H,1-2H3;1-2H3;1-4H3;1-2H3,(H,4,5);3H2,1-2H3;1-2H3;1-2H3;6*1H4. The van der Waals surface area contributed by atoms with Crippen molar-refractivity contribution in [2.45, 2.75) is 145 Å². The Kier molecular flexibility index (Phi) is 46.6. The zero-order chi connectivity index (χ0) is 38.7. The normalized spacial score (nSPS) is 11.2. The molecule has 0 fully saturated rings. The van der Waals surface area contributed by atoms with Crippen molar-refractivity contribution in [2.24, 2.45) is 10.8 Å². The maximum atomic E-state index is 11.6. The third-order valence-corrected chi connectivity index (χ3v) is 5.26. The highest BCUT2D eigenvalue weighted by molar-refractivity contribution is 7.89. The van der Waals surface area contributed by atoms with E-state index in [-0.39, 0.29) is 69.7 Å². The Balaban J connectivity index is -0.0000000546. The fourth-order valence-electron chi connectivity index (χ4n) is 2.83. The second-order valence-corrected chi connectivity index (χ2v) is 15.7. The third kappa shape index (κ3) is 36.2. The largest absolute Gasteiger partial charge is 0.402 e. The number of fused-ring (bicyclic) bond motifs is 3. The quantitative estimate of drug-likeness (QED) is 0.269. The summed E-state index contributed by atoms with van der Waals surface area (Å²) >= 11 is 0. The molecule has 1 aliphatic carbocycles. The van der Waals surface area contributed by atoms with Crippen LogP contribution in [0.2, 0.25) is 0 Å². The van der Waals surface area contributed by atoms with E-state index in [0.717, 1.165) is 12.5 Å². The Morgan fingerprint density at radius 2 is 0.849 bits per heavy atom. The van der Waals surface area contributed by atoms with Crippen molar-refractivity contribution in [3.05, 3.63) is 59.7 Å². The Hall–Kier alpha value is -2.60. The van der Waals surface area contributed by atoms with E-state index in [2.05, 4.69) is 114 Å². The Morgan fingerprint density at radius 1 is 0.679 bits per heavy atom. The van der Waals surface area contributed by atoms with Crippen molar-refractivity contribution in [2.75, 3.05) is 33.8 Å². The van der Waals surface area contributed by atoms with Gasteiger partial charge in [0.2, 0.25) is 5.91 Å². The molecule has 0 unspecified atom stereocenters. The van der Waals surface area contributed by atoms with Gasteiger partial charge in [-0.25, -0.2) is 8.42 Å². The topological polar surface area (TPSA) is 72.5 Å². The number of ether oxygens (including phenoxy) is 1. The van der Waals surface area contributed by atoms with Crippen molar-refractivity contribution in [3.63, 3.8) is 0 Å². The van der Waals surface area contributed by atoms with Crippen LogP contribution >= 0.6 is 0 Å². The average molecular weight is 800 g/mol. The molecule has 0 bridgehead atoms. The number of hydrogen-bond donors (Lipinski definition) is 1. The number of amides is 1. The summed E-state index contributed by atoms with van der Waals surface area (Å²) in [6, 6.07) is 17.4. The van der Waals surface area contributed by atoms with Gasteiger partial charge < -0.3 is 10.1 Å². The molecule has 0 saturated carbocycles. The molecule has 2 aromatic rings. The summed E-state index contributed by atoms with van der Waals surface area (Å²) in [5.41, 5.74) is 2.74. The van der Waals surface area contributed by atoms with Gasteiger partial charge in [0.05, 0.1) is 0 Å². The summed E-state index contributed by atoms with van der Waals surface area (Å²) in [5.74, 6) is 0.00463. The lowest BCUT2D eigenvalue weighted by molar-refractivity contribution is -0.327. The number of carbonyl (C=O) groups is 1. The van der Waals surface area contributed by atoms with E-state index in [1.54, 1.807) is 21.3 Å². The summed E-state index contributed by atoms with van der Waals surface area (Å²) < 4.78 is 93.2. The first kappa shape index (κ1) is 75.4. The van der Waals surface area contributed by atoms with Gasteiger partial charge in [-0.2, -0.15) is 26.3 Å². The fraction of sp³-hybridized carbons (Fsp3) is 0.683. The molecule has 0 radical (unpaired) electrons. The second kappa shape index (κ2) is 32.8. The first-order valence-electron chi connectivity index (χ1n) is 14.9. The highest BCUT2D eigenvalue weighted by Gasteiger charge is 2.64. The van der Waals surface area contributed by atoms with E-state index in [9.17, 15) is 39.6 Å². The van der Waals surface area contributed by atoms with Gasteiger partial charge in [0.25, 0.3) is 0 Å². The molecule has 12 heteroatoms. The zero-order valence-electron chi connectivity index (χ0n) is 31.1. The van der Waals surface area contributed by atoms with Crippen LogP contribution in [0.25, 0.3) is 11.1 Å². The highest BCUT2D eigenvalue weighted by atomic mass is 32.2. The van der Waals surface area contributed by atoms with E-state index in [4.69, 9.17) is 0 Å². The molecule has 1 N–H and O–H groups in total. The van der Waals surface area contributed by atoms with Crippen LogP contribution in [0, 0.1) is 10.8 Å². The number of nitrogens with one attached hydrogen (secondary N) is 1. The van der Waals surface area contributed by atoms with Crippen LogP contribution in [0.3, 0.4) is 0 Å². The molecule has 0 heterocycles. The van der Waals surface area contributed by atoms with Crippen LogP contribution in [0.15, 0.2) is 48.5 Å². The predicted molar refractivity (Wildman–Crippen MR) is 225 cm³/mol. The predicted octanol–water partition coefficient (Wildman–Crippen LogP) is 14.1. The molecule has 1 amide bonds. The Bertz CT molecular complexity index is 1170. The molecule has 5 nitrogen and oxygen atoms in total. The zero-order valence-corrected chi connectivity index (χ0v) is 32.0. The highest BCUT2D eigenvalue weighted by Crippen LogP contribution is 2.49. The van der Waals surface area contributed by atoms with Crippen LogP contribution in [0.5, 0.6) is 0 Å². The van der Waals surface area contributed by atoms with Crippen molar-refractivity contribution in [1.29, 1.82) is 0 Å². The van der Waals surface area contributed by atoms with E-state index in [1.807, 2.05) is 0 Å². The lowest BCUT2D eigenvalue weighted by Crippen LogP contribution is -2.44. The minimum Gasteiger partial charge on any atom is -0.388 e. The minimum absolute atomic E-state index is 0. The lowest BCUT2D eigenvalue weighted by Gasteiger charge is -2.29. The first-order chi connectivity index (χ1) is 20.8. The average Bonchev–Trinajstić information content (AvgIpc) is 3.10. The number of methoxy groups -OCH3 is 1. The van der Waals surface area contributed by atoms with Gasteiger partial charge in [0, 0.05) is 46.1 Å². The van der Waals surface area contributed by atoms with E-state index >= 15 is 0 Å². The van der Waals surface area contributed by atoms with E-state index in [1.165, 1.54) is 35.6 Å². The van der Waals surface area contributed by atoms with Crippen LogP contribution in [-0.2, 0) is 24.8 Å². The maximum absolute atomic E-state index is 11.6. The van der Waals surface area contributed by atoms with Crippen LogP contribution in [0.4, 0.5) is 26.3 Å². The van der Waals surface area contributed by atoms with Gasteiger partial charge in [0.1, 0.15) is 9.84 Å². The summed E-state index contributed by atoms with van der Waals surface area (Å²) in [6.07, 6.45) is -6.92. The van der Waals surface area contributed by atoms with Crippen molar-refractivity contribution < 1.29 is 44.3 Å². The van der Waals surface area contributed by atoms with Crippen molar-refractivity contribution >= 4 is 15.7 Å². The minimum atomic E-state index is -5.24. The van der Waals surface area contributed by atoms with Gasteiger partial charge in [-0.1, -0.05) is 155 Å². The monoisotopic (exact) mass is 800 g/mol.